The zero-order valence-corrected chi connectivity index (χ0v) is 13.2. The van der Waals surface area contributed by atoms with E-state index in [1.807, 2.05) is 44.4 Å². The summed E-state index contributed by atoms with van der Waals surface area (Å²) in [6, 6.07) is 7.43. The van der Waals surface area contributed by atoms with Crippen molar-refractivity contribution in [1.82, 2.24) is 14.7 Å². The number of aromatic nitrogens is 2. The van der Waals surface area contributed by atoms with Crippen LogP contribution in [0.15, 0.2) is 36.7 Å². The fourth-order valence-electron chi connectivity index (χ4n) is 2.21. The number of ketones is 1. The molecule has 2 aromatic rings. The predicted molar refractivity (Wildman–Crippen MR) is 84.4 cm³/mol. The molecule has 22 heavy (non-hydrogen) atoms. The smallest absolute Gasteiger partial charge is 0.223 e. The van der Waals surface area contributed by atoms with Crippen LogP contribution in [0.5, 0.6) is 0 Å². The monoisotopic (exact) mass is 299 g/mol. The standard InChI is InChI=1S/C17H21N3O2/c1-13-4-6-15(7-5-13)16(21)8-9-17(22)19(2)11-14-10-18-20(3)12-14/h4-7,10,12H,8-9,11H2,1-3H3. The van der Waals surface area contributed by atoms with E-state index >= 15 is 0 Å². The highest BCUT2D eigenvalue weighted by Gasteiger charge is 2.13. The number of rotatable bonds is 6. The lowest BCUT2D eigenvalue weighted by molar-refractivity contribution is -0.130. The van der Waals surface area contributed by atoms with Crippen molar-refractivity contribution in [2.45, 2.75) is 26.3 Å². The molecule has 1 heterocycles. The minimum Gasteiger partial charge on any atom is -0.341 e. The number of carbonyl (C=O) groups excluding carboxylic acids is 2. The maximum Gasteiger partial charge on any atom is 0.223 e. The third-order valence-corrected chi connectivity index (χ3v) is 3.54. The summed E-state index contributed by atoms with van der Waals surface area (Å²) in [5.41, 5.74) is 2.75. The second-order valence-electron chi connectivity index (χ2n) is 5.56. The number of aryl methyl sites for hydroxylation is 2. The SMILES string of the molecule is Cc1ccc(C(=O)CCC(=O)N(C)Cc2cnn(C)c2)cc1. The van der Waals surface area contributed by atoms with Crippen LogP contribution in [0, 0.1) is 6.92 Å². The van der Waals surface area contributed by atoms with Gasteiger partial charge < -0.3 is 4.90 Å². The highest BCUT2D eigenvalue weighted by Crippen LogP contribution is 2.09. The van der Waals surface area contributed by atoms with Crippen molar-refractivity contribution < 1.29 is 9.59 Å². The summed E-state index contributed by atoms with van der Waals surface area (Å²) >= 11 is 0. The summed E-state index contributed by atoms with van der Waals surface area (Å²) in [7, 11) is 3.58. The molecule has 1 amide bonds. The second-order valence-corrected chi connectivity index (χ2v) is 5.56. The van der Waals surface area contributed by atoms with Crippen molar-refractivity contribution >= 4 is 11.7 Å². The first-order valence-corrected chi connectivity index (χ1v) is 7.27. The summed E-state index contributed by atoms with van der Waals surface area (Å²) in [6.07, 6.45) is 4.07. The number of Topliss-reactive ketones (excluding diaryl/α,β-unsaturated/α-hetero) is 1. The van der Waals surface area contributed by atoms with Gasteiger partial charge in [0.05, 0.1) is 6.20 Å². The Bertz CT molecular complexity index is 659. The van der Waals surface area contributed by atoms with Crippen LogP contribution in [0.3, 0.4) is 0 Å². The summed E-state index contributed by atoms with van der Waals surface area (Å²) in [5.74, 6) is -0.0348. The highest BCUT2D eigenvalue weighted by molar-refractivity contribution is 5.97. The van der Waals surface area contributed by atoms with Gasteiger partial charge >= 0.3 is 0 Å². The Morgan fingerprint density at radius 3 is 2.45 bits per heavy atom. The van der Waals surface area contributed by atoms with Crippen LogP contribution in [0.4, 0.5) is 0 Å². The molecule has 0 atom stereocenters. The van der Waals surface area contributed by atoms with Crippen LogP contribution in [-0.4, -0.2) is 33.4 Å². The molecule has 0 saturated carbocycles. The van der Waals surface area contributed by atoms with Crippen molar-refractivity contribution in [3.63, 3.8) is 0 Å². The van der Waals surface area contributed by atoms with Gasteiger partial charge in [-0.05, 0) is 6.92 Å². The van der Waals surface area contributed by atoms with Crippen molar-refractivity contribution in [1.29, 1.82) is 0 Å². The maximum atomic E-state index is 12.1. The van der Waals surface area contributed by atoms with E-state index < -0.39 is 0 Å². The van der Waals surface area contributed by atoms with E-state index in [0.29, 0.717) is 12.1 Å². The van der Waals surface area contributed by atoms with Crippen LogP contribution >= 0.6 is 0 Å². The van der Waals surface area contributed by atoms with Gasteiger partial charge in [0.15, 0.2) is 5.78 Å². The van der Waals surface area contributed by atoms with Gasteiger partial charge in [-0.25, -0.2) is 0 Å². The van der Waals surface area contributed by atoms with Gasteiger partial charge in [0.1, 0.15) is 0 Å². The van der Waals surface area contributed by atoms with Crippen LogP contribution in [-0.2, 0) is 18.4 Å². The molecule has 1 aromatic carbocycles. The fraction of sp³-hybridized carbons (Fsp3) is 0.353. The Balaban J connectivity index is 1.83. The predicted octanol–water partition coefficient (Wildman–Crippen LogP) is 2.35. The van der Waals surface area contributed by atoms with E-state index in [9.17, 15) is 9.59 Å². The lowest BCUT2D eigenvalue weighted by Crippen LogP contribution is -2.26. The fourth-order valence-corrected chi connectivity index (χ4v) is 2.21. The summed E-state index contributed by atoms with van der Waals surface area (Å²) in [4.78, 5) is 25.8. The van der Waals surface area contributed by atoms with Crippen LogP contribution in [0.25, 0.3) is 0 Å². The minimum atomic E-state index is -0.0377. The molecule has 116 valence electrons. The normalized spacial score (nSPS) is 10.5. The molecule has 0 aliphatic carbocycles. The molecule has 0 bridgehead atoms. The molecule has 0 aliphatic heterocycles. The first-order valence-electron chi connectivity index (χ1n) is 7.27. The molecule has 5 heteroatoms. The summed E-state index contributed by atoms with van der Waals surface area (Å²) in [5, 5.41) is 4.07. The Morgan fingerprint density at radius 1 is 1.18 bits per heavy atom. The molecule has 0 radical (unpaired) electrons. The van der Waals surface area contributed by atoms with Crippen molar-refractivity contribution in [2.75, 3.05) is 7.05 Å². The summed E-state index contributed by atoms with van der Waals surface area (Å²) in [6.45, 7) is 2.48. The topological polar surface area (TPSA) is 55.2 Å². The number of nitrogens with zero attached hydrogens (tertiary/aromatic N) is 3. The maximum absolute atomic E-state index is 12.1. The molecular weight excluding hydrogens is 278 g/mol. The zero-order valence-electron chi connectivity index (χ0n) is 13.2. The molecule has 0 saturated heterocycles. The second kappa shape index (κ2) is 7.02. The van der Waals surface area contributed by atoms with E-state index in [-0.39, 0.29) is 24.5 Å². The number of hydrogen-bond acceptors (Lipinski definition) is 3. The van der Waals surface area contributed by atoms with Gasteiger partial charge in [-0.3, -0.25) is 14.3 Å². The van der Waals surface area contributed by atoms with E-state index in [2.05, 4.69) is 5.10 Å². The first-order chi connectivity index (χ1) is 10.5. The van der Waals surface area contributed by atoms with Gasteiger partial charge in [-0.1, -0.05) is 29.8 Å². The highest BCUT2D eigenvalue weighted by atomic mass is 16.2. The zero-order chi connectivity index (χ0) is 16.1. The Morgan fingerprint density at radius 2 is 1.86 bits per heavy atom. The van der Waals surface area contributed by atoms with Gasteiger partial charge in [0.2, 0.25) is 5.91 Å². The van der Waals surface area contributed by atoms with Crippen LogP contribution in [0.1, 0.15) is 34.3 Å². The Kier molecular flexibility index (Phi) is 5.09. The van der Waals surface area contributed by atoms with Gasteiger partial charge in [-0.2, -0.15) is 5.10 Å². The van der Waals surface area contributed by atoms with Crippen molar-refractivity contribution in [3.8, 4) is 0 Å². The third kappa shape index (κ3) is 4.28. The summed E-state index contributed by atoms with van der Waals surface area (Å²) < 4.78 is 1.70. The van der Waals surface area contributed by atoms with Crippen LogP contribution in [0.2, 0.25) is 0 Å². The molecule has 0 aliphatic rings. The number of amides is 1. The first kappa shape index (κ1) is 15.9. The molecule has 2 rings (SSSR count). The third-order valence-electron chi connectivity index (χ3n) is 3.54. The largest absolute Gasteiger partial charge is 0.341 e. The lowest BCUT2D eigenvalue weighted by Gasteiger charge is -2.15. The molecule has 5 nitrogen and oxygen atoms in total. The molecule has 0 unspecified atom stereocenters. The molecule has 0 fully saturated rings. The van der Waals surface area contributed by atoms with Gasteiger partial charge in [0.25, 0.3) is 0 Å². The lowest BCUT2D eigenvalue weighted by atomic mass is 10.0. The van der Waals surface area contributed by atoms with Crippen molar-refractivity contribution in [2.24, 2.45) is 7.05 Å². The van der Waals surface area contributed by atoms with E-state index in [1.54, 1.807) is 22.8 Å². The van der Waals surface area contributed by atoms with Crippen molar-refractivity contribution in [3.05, 3.63) is 53.3 Å². The van der Waals surface area contributed by atoms with Crippen LogP contribution < -0.4 is 0 Å². The number of hydrogen-bond donors (Lipinski definition) is 0. The van der Waals surface area contributed by atoms with E-state index in [4.69, 9.17) is 0 Å². The average Bonchev–Trinajstić information content (AvgIpc) is 2.90. The molecular formula is C17H21N3O2. The van der Waals surface area contributed by atoms with Gasteiger partial charge in [0, 0.05) is 50.8 Å². The Labute approximate surface area is 130 Å². The van der Waals surface area contributed by atoms with E-state index in [0.717, 1.165) is 11.1 Å². The number of benzene rings is 1. The minimum absolute atomic E-state index is 0.00290. The quantitative estimate of drug-likeness (QED) is 0.769. The molecule has 0 N–H and O–H groups in total. The number of carbonyl (C=O) groups is 2. The Hall–Kier alpha value is -2.43. The molecule has 0 spiro atoms. The van der Waals surface area contributed by atoms with E-state index in [1.165, 1.54) is 0 Å². The molecule has 1 aromatic heterocycles. The average molecular weight is 299 g/mol. The van der Waals surface area contributed by atoms with Gasteiger partial charge in [-0.15, -0.1) is 0 Å².